The van der Waals surface area contributed by atoms with Crippen LogP contribution in [0.25, 0.3) is 0 Å². The number of anilines is 4. The Morgan fingerprint density at radius 1 is 0.591 bits per heavy atom. The molecule has 0 saturated heterocycles. The van der Waals surface area contributed by atoms with Crippen molar-refractivity contribution in [3.63, 3.8) is 0 Å². The van der Waals surface area contributed by atoms with Crippen LogP contribution in [-0.2, 0) is 0 Å². The second kappa shape index (κ2) is 12.9. The monoisotopic (exact) mass is 594 g/mol. The molecule has 4 aromatic carbocycles. The summed E-state index contributed by atoms with van der Waals surface area (Å²) in [4.78, 5) is 4.32. The number of nitrogens with zero attached hydrogens (tertiary/aromatic N) is 2. The quantitative estimate of drug-likeness (QED) is 0.148. The lowest BCUT2D eigenvalue weighted by Crippen LogP contribution is -2.51. The maximum absolute atomic E-state index is 11.4. The van der Waals surface area contributed by atoms with E-state index in [2.05, 4.69) is 87.7 Å². The summed E-state index contributed by atoms with van der Waals surface area (Å²) in [7, 11) is 0. The highest BCUT2D eigenvalue weighted by Gasteiger charge is 2.52. The van der Waals surface area contributed by atoms with Gasteiger partial charge in [0.1, 0.15) is 11.5 Å². The second-order valence-electron chi connectivity index (χ2n) is 12.5. The smallest absolute Gasteiger partial charge is 0.121 e. The van der Waals surface area contributed by atoms with E-state index in [4.69, 9.17) is 0 Å². The minimum absolute atomic E-state index is 0.0132. The van der Waals surface area contributed by atoms with Crippen LogP contribution in [0.3, 0.4) is 0 Å². The van der Waals surface area contributed by atoms with Crippen LogP contribution in [0.1, 0.15) is 87.5 Å². The summed E-state index contributed by atoms with van der Waals surface area (Å²) in [6.45, 7) is 14.4. The summed E-state index contributed by atoms with van der Waals surface area (Å²) in [5, 5.41) is 44.8. The summed E-state index contributed by atoms with van der Waals surface area (Å²) in [5.74, 6) is -0.713. The van der Waals surface area contributed by atoms with Crippen molar-refractivity contribution >= 4 is 22.7 Å². The van der Waals surface area contributed by atoms with Crippen molar-refractivity contribution in [2.75, 3.05) is 22.9 Å². The minimum Gasteiger partial charge on any atom is -0.508 e. The van der Waals surface area contributed by atoms with Crippen LogP contribution in [0.4, 0.5) is 22.7 Å². The standard InChI is InChI=1S/C38H46N2O4/c1-7-39(8-2)25-17-19-29(33(41)21-25)35-37(43)36(38(35)44)30-20-18-26(22-34(30)42)40(31-15-11-9-13-27(31)23(3)4)32-16-12-10-14-28(32)24(5)6/h9-24,35-38,41-44H,7-8H2,1-6H3. The van der Waals surface area contributed by atoms with Gasteiger partial charge in [0.15, 0.2) is 0 Å². The predicted molar refractivity (Wildman–Crippen MR) is 180 cm³/mol. The number of phenolic OH excluding ortho intramolecular Hbond substituents is 2. The topological polar surface area (TPSA) is 87.4 Å². The Bertz CT molecular complexity index is 1530. The van der Waals surface area contributed by atoms with Crippen molar-refractivity contribution in [1.82, 2.24) is 0 Å². The van der Waals surface area contributed by atoms with E-state index in [-0.39, 0.29) is 23.3 Å². The van der Waals surface area contributed by atoms with Crippen molar-refractivity contribution < 1.29 is 20.4 Å². The van der Waals surface area contributed by atoms with Crippen molar-refractivity contribution in [2.24, 2.45) is 0 Å². The zero-order valence-corrected chi connectivity index (χ0v) is 26.6. The summed E-state index contributed by atoms with van der Waals surface area (Å²) in [6, 6.07) is 27.6. The van der Waals surface area contributed by atoms with Gasteiger partial charge in [-0.2, -0.15) is 0 Å². The number of hydrogen-bond donors (Lipinski definition) is 4. The van der Waals surface area contributed by atoms with Gasteiger partial charge in [-0.25, -0.2) is 0 Å². The molecule has 0 heterocycles. The van der Waals surface area contributed by atoms with E-state index >= 15 is 0 Å². The fraction of sp³-hybridized carbons (Fsp3) is 0.368. The van der Waals surface area contributed by atoms with Crippen molar-refractivity contribution in [3.05, 3.63) is 107 Å². The molecule has 0 spiro atoms. The van der Waals surface area contributed by atoms with Gasteiger partial charge in [0, 0.05) is 70.9 Å². The molecular formula is C38H46N2O4. The van der Waals surface area contributed by atoms with E-state index in [1.807, 2.05) is 30.3 Å². The predicted octanol–water partition coefficient (Wildman–Crippen LogP) is 8.26. The molecule has 0 bridgehead atoms. The molecule has 1 aliphatic rings. The molecule has 0 aromatic heterocycles. The molecule has 1 fully saturated rings. The Morgan fingerprint density at radius 2 is 1.00 bits per heavy atom. The van der Waals surface area contributed by atoms with Crippen LogP contribution >= 0.6 is 0 Å². The largest absolute Gasteiger partial charge is 0.508 e. The summed E-state index contributed by atoms with van der Waals surface area (Å²) in [5.41, 5.74) is 7.13. The third-order valence-electron chi connectivity index (χ3n) is 9.20. The van der Waals surface area contributed by atoms with Gasteiger partial charge in [0.25, 0.3) is 0 Å². The van der Waals surface area contributed by atoms with Crippen LogP contribution in [0.15, 0.2) is 84.9 Å². The van der Waals surface area contributed by atoms with Crippen molar-refractivity contribution in [3.8, 4) is 11.5 Å². The summed E-state index contributed by atoms with van der Waals surface area (Å²) < 4.78 is 0. The van der Waals surface area contributed by atoms with Crippen LogP contribution < -0.4 is 9.80 Å². The maximum Gasteiger partial charge on any atom is 0.121 e. The van der Waals surface area contributed by atoms with Crippen LogP contribution in [-0.4, -0.2) is 45.7 Å². The molecule has 2 atom stereocenters. The van der Waals surface area contributed by atoms with Gasteiger partial charge in [-0.3, -0.25) is 0 Å². The molecule has 0 aliphatic heterocycles. The second-order valence-corrected chi connectivity index (χ2v) is 12.5. The summed E-state index contributed by atoms with van der Waals surface area (Å²) >= 11 is 0. The van der Waals surface area contributed by atoms with Gasteiger partial charge in [-0.15, -0.1) is 0 Å². The first-order chi connectivity index (χ1) is 21.1. The van der Waals surface area contributed by atoms with Gasteiger partial charge < -0.3 is 30.2 Å². The Hall–Kier alpha value is -4.00. The third-order valence-corrected chi connectivity index (χ3v) is 9.20. The van der Waals surface area contributed by atoms with Crippen LogP contribution in [0.5, 0.6) is 11.5 Å². The first-order valence-corrected chi connectivity index (χ1v) is 15.8. The zero-order valence-electron chi connectivity index (χ0n) is 26.6. The fourth-order valence-electron chi connectivity index (χ4n) is 6.76. The van der Waals surface area contributed by atoms with Crippen LogP contribution in [0, 0.1) is 0 Å². The third kappa shape index (κ3) is 5.64. The van der Waals surface area contributed by atoms with Gasteiger partial charge in [0.05, 0.1) is 12.2 Å². The Morgan fingerprint density at radius 3 is 1.41 bits per heavy atom. The maximum atomic E-state index is 11.4. The van der Waals surface area contributed by atoms with Gasteiger partial charge >= 0.3 is 0 Å². The van der Waals surface area contributed by atoms with E-state index in [9.17, 15) is 20.4 Å². The normalized spacial score (nSPS) is 19.7. The number of hydrogen-bond acceptors (Lipinski definition) is 6. The number of rotatable bonds is 10. The average Bonchev–Trinajstić information content (AvgIpc) is 3.01. The fourth-order valence-corrected chi connectivity index (χ4v) is 6.76. The molecule has 6 heteroatoms. The molecule has 44 heavy (non-hydrogen) atoms. The SMILES string of the molecule is CCN(CC)c1ccc(C2C(O)C(c3ccc(N(c4ccccc4C(C)C)c4ccccc4C(C)C)cc3O)C2O)c(O)c1. The lowest BCUT2D eigenvalue weighted by atomic mass is 9.63. The van der Waals surface area contributed by atoms with Crippen LogP contribution in [0.2, 0.25) is 0 Å². The number of aliphatic hydroxyl groups excluding tert-OH is 2. The molecule has 232 valence electrons. The molecule has 0 amide bonds. The van der Waals surface area contributed by atoms with Crippen molar-refractivity contribution in [1.29, 1.82) is 0 Å². The first-order valence-electron chi connectivity index (χ1n) is 15.8. The number of para-hydroxylation sites is 2. The molecule has 4 N–H and O–H groups in total. The Labute approximate surface area is 261 Å². The number of phenols is 2. The van der Waals surface area contributed by atoms with E-state index in [0.29, 0.717) is 11.1 Å². The molecule has 0 radical (unpaired) electrons. The van der Waals surface area contributed by atoms with Gasteiger partial charge in [-0.1, -0.05) is 76.2 Å². The first kappa shape index (κ1) is 31.4. The number of aliphatic hydroxyl groups is 2. The highest BCUT2D eigenvalue weighted by Crippen LogP contribution is 2.53. The number of aromatic hydroxyl groups is 2. The van der Waals surface area contributed by atoms with E-state index in [1.54, 1.807) is 18.2 Å². The average molecular weight is 595 g/mol. The van der Waals surface area contributed by atoms with E-state index < -0.39 is 24.0 Å². The highest BCUT2D eigenvalue weighted by atomic mass is 16.3. The molecule has 1 saturated carbocycles. The molecular weight excluding hydrogens is 548 g/mol. The molecule has 1 aliphatic carbocycles. The molecule has 6 nitrogen and oxygen atoms in total. The highest BCUT2D eigenvalue weighted by molar-refractivity contribution is 5.81. The Kier molecular flexibility index (Phi) is 9.23. The zero-order chi connectivity index (χ0) is 31.7. The number of benzene rings is 4. The van der Waals surface area contributed by atoms with E-state index in [1.165, 1.54) is 11.1 Å². The van der Waals surface area contributed by atoms with Crippen molar-refractivity contribution in [2.45, 2.75) is 77.4 Å². The van der Waals surface area contributed by atoms with Gasteiger partial charge in [0.2, 0.25) is 0 Å². The lowest BCUT2D eigenvalue weighted by Gasteiger charge is -2.47. The van der Waals surface area contributed by atoms with E-state index in [0.717, 1.165) is 35.8 Å². The lowest BCUT2D eigenvalue weighted by molar-refractivity contribution is -0.0797. The summed E-state index contributed by atoms with van der Waals surface area (Å²) in [6.07, 6.45) is -1.93. The molecule has 2 unspecified atom stereocenters. The van der Waals surface area contributed by atoms with Gasteiger partial charge in [-0.05, 0) is 61.1 Å². The Balaban J connectivity index is 1.51. The molecule has 4 aromatic rings. The minimum atomic E-state index is -0.966. The molecule has 5 rings (SSSR count).